The number of imidazole rings is 1. The molecule has 0 saturated carbocycles. The van der Waals surface area contributed by atoms with Gasteiger partial charge in [-0.25, -0.2) is 4.98 Å². The average Bonchev–Trinajstić information content (AvgIpc) is 2.98. The number of amides is 1. The average molecular weight is 348 g/mol. The van der Waals surface area contributed by atoms with Crippen LogP contribution in [-0.2, 0) is 11.8 Å². The second-order valence-electron chi connectivity index (χ2n) is 6.11. The molecule has 0 bridgehead atoms. The van der Waals surface area contributed by atoms with E-state index in [2.05, 4.69) is 20.1 Å². The number of aromatic nitrogens is 2. The molecule has 2 aromatic rings. The summed E-state index contributed by atoms with van der Waals surface area (Å²) in [7, 11) is 1.99. The molecule has 128 valence electrons. The maximum atomic E-state index is 12.2. The van der Waals surface area contributed by atoms with Crippen LogP contribution in [0.3, 0.4) is 0 Å². The number of halogens is 1. The van der Waals surface area contributed by atoms with Gasteiger partial charge < -0.3 is 14.8 Å². The molecule has 2 heterocycles. The highest BCUT2D eigenvalue weighted by Crippen LogP contribution is 2.20. The minimum Gasteiger partial charge on any atom is -0.340 e. The summed E-state index contributed by atoms with van der Waals surface area (Å²) < 4.78 is 2.02. The topological polar surface area (TPSA) is 53.4 Å². The fraction of sp³-hybridized carbons (Fsp3) is 0.412. The molecule has 0 aliphatic carbocycles. The Balaban J connectivity index is 1.49. The number of piperazine rings is 1. The third kappa shape index (κ3) is 3.88. The van der Waals surface area contributed by atoms with E-state index in [1.807, 2.05) is 43.1 Å². The molecule has 6 nitrogen and oxygen atoms in total. The maximum Gasteiger partial charge on any atom is 0.238 e. The lowest BCUT2D eigenvalue weighted by molar-refractivity contribution is -0.117. The van der Waals surface area contributed by atoms with Crippen molar-refractivity contribution in [3.05, 3.63) is 41.2 Å². The number of aryl methyl sites for hydroxylation is 2. The summed E-state index contributed by atoms with van der Waals surface area (Å²) in [5.41, 5.74) is 1.74. The first-order valence-electron chi connectivity index (χ1n) is 8.03. The third-order valence-corrected chi connectivity index (χ3v) is 4.68. The normalized spacial score (nSPS) is 15.5. The number of anilines is 2. The van der Waals surface area contributed by atoms with Crippen LogP contribution in [0.25, 0.3) is 0 Å². The zero-order valence-corrected chi connectivity index (χ0v) is 14.8. The highest BCUT2D eigenvalue weighted by molar-refractivity contribution is 6.31. The summed E-state index contributed by atoms with van der Waals surface area (Å²) in [6, 6.07) is 5.56. The van der Waals surface area contributed by atoms with Gasteiger partial charge in [0.15, 0.2) is 0 Å². The van der Waals surface area contributed by atoms with E-state index in [1.54, 1.807) is 6.07 Å². The van der Waals surface area contributed by atoms with Gasteiger partial charge in [-0.05, 0) is 24.6 Å². The Bertz CT molecular complexity index is 722. The molecule has 1 aliphatic heterocycles. The van der Waals surface area contributed by atoms with Crippen molar-refractivity contribution in [2.75, 3.05) is 42.9 Å². The van der Waals surface area contributed by atoms with Gasteiger partial charge in [0.25, 0.3) is 0 Å². The number of benzene rings is 1. The summed E-state index contributed by atoms with van der Waals surface area (Å²) in [5, 5.41) is 3.57. The van der Waals surface area contributed by atoms with Gasteiger partial charge in [0.1, 0.15) is 0 Å². The van der Waals surface area contributed by atoms with E-state index < -0.39 is 0 Å². The number of nitrogens with one attached hydrogen (secondary N) is 1. The quantitative estimate of drug-likeness (QED) is 0.920. The Morgan fingerprint density at radius 3 is 2.67 bits per heavy atom. The number of hydrogen-bond acceptors (Lipinski definition) is 4. The summed E-state index contributed by atoms with van der Waals surface area (Å²) >= 11 is 6.09. The molecular weight excluding hydrogens is 326 g/mol. The van der Waals surface area contributed by atoms with Crippen molar-refractivity contribution < 1.29 is 4.79 Å². The summed E-state index contributed by atoms with van der Waals surface area (Å²) in [6.07, 6.45) is 3.75. The molecule has 1 aromatic carbocycles. The largest absolute Gasteiger partial charge is 0.340 e. The van der Waals surface area contributed by atoms with Crippen molar-refractivity contribution in [1.29, 1.82) is 0 Å². The van der Waals surface area contributed by atoms with Gasteiger partial charge >= 0.3 is 0 Å². The molecule has 0 unspecified atom stereocenters. The maximum absolute atomic E-state index is 12.2. The summed E-state index contributed by atoms with van der Waals surface area (Å²) in [5.74, 6) is 0.966. The number of hydrogen-bond donors (Lipinski definition) is 1. The van der Waals surface area contributed by atoms with E-state index in [1.165, 1.54) is 0 Å². The SMILES string of the molecule is Cc1ccc(NC(=O)CN2CCN(c3nccn3C)CC2)cc1Cl. The van der Waals surface area contributed by atoms with Gasteiger partial charge in [-0.2, -0.15) is 0 Å². The lowest BCUT2D eigenvalue weighted by Crippen LogP contribution is -2.49. The highest BCUT2D eigenvalue weighted by atomic mass is 35.5. The minimum atomic E-state index is -0.0136. The lowest BCUT2D eigenvalue weighted by Gasteiger charge is -2.34. The first-order valence-corrected chi connectivity index (χ1v) is 8.41. The second kappa shape index (κ2) is 7.23. The Kier molecular flexibility index (Phi) is 5.06. The van der Waals surface area contributed by atoms with E-state index >= 15 is 0 Å². The van der Waals surface area contributed by atoms with E-state index in [-0.39, 0.29) is 5.91 Å². The van der Waals surface area contributed by atoms with Gasteiger partial charge in [0, 0.05) is 56.3 Å². The van der Waals surface area contributed by atoms with E-state index in [0.717, 1.165) is 43.4 Å². The van der Waals surface area contributed by atoms with Crippen molar-refractivity contribution >= 4 is 29.1 Å². The van der Waals surface area contributed by atoms with Crippen LogP contribution in [-0.4, -0.2) is 53.1 Å². The molecule has 1 aromatic heterocycles. The predicted octanol–water partition coefficient (Wildman–Crippen LogP) is 2.14. The van der Waals surface area contributed by atoms with Crippen molar-refractivity contribution in [3.8, 4) is 0 Å². The molecule has 7 heteroatoms. The fourth-order valence-corrected chi connectivity index (χ4v) is 3.02. The first-order chi connectivity index (χ1) is 11.5. The standard InChI is InChI=1S/C17H22ClN5O/c1-13-3-4-14(11-15(13)18)20-16(24)12-22-7-9-23(10-8-22)17-19-5-6-21(17)2/h3-6,11H,7-10,12H2,1-2H3,(H,20,24). The first kappa shape index (κ1) is 16.8. The molecule has 3 rings (SSSR count). The van der Waals surface area contributed by atoms with Crippen LogP contribution in [0.15, 0.2) is 30.6 Å². The molecule has 24 heavy (non-hydrogen) atoms. The second-order valence-corrected chi connectivity index (χ2v) is 6.52. The van der Waals surface area contributed by atoms with Crippen LogP contribution in [0.4, 0.5) is 11.6 Å². The van der Waals surface area contributed by atoms with Crippen LogP contribution in [0.5, 0.6) is 0 Å². The Morgan fingerprint density at radius 1 is 1.29 bits per heavy atom. The summed E-state index contributed by atoms with van der Waals surface area (Å²) in [4.78, 5) is 21.0. The van der Waals surface area contributed by atoms with Gasteiger partial charge in [-0.3, -0.25) is 9.69 Å². The van der Waals surface area contributed by atoms with Crippen LogP contribution in [0.2, 0.25) is 5.02 Å². The number of rotatable bonds is 4. The number of carbonyl (C=O) groups excluding carboxylic acids is 1. The molecule has 0 atom stereocenters. The summed E-state index contributed by atoms with van der Waals surface area (Å²) in [6.45, 7) is 5.75. The van der Waals surface area contributed by atoms with Crippen molar-refractivity contribution in [3.63, 3.8) is 0 Å². The van der Waals surface area contributed by atoms with E-state index in [9.17, 15) is 4.79 Å². The molecule has 0 spiro atoms. The zero-order chi connectivity index (χ0) is 17.1. The van der Waals surface area contributed by atoms with E-state index in [0.29, 0.717) is 11.6 Å². The van der Waals surface area contributed by atoms with Gasteiger partial charge in [-0.1, -0.05) is 17.7 Å². The molecule has 1 saturated heterocycles. The van der Waals surface area contributed by atoms with Crippen LogP contribution >= 0.6 is 11.6 Å². The molecule has 1 N–H and O–H groups in total. The highest BCUT2D eigenvalue weighted by Gasteiger charge is 2.21. The Morgan fingerprint density at radius 2 is 2.04 bits per heavy atom. The molecular formula is C17H22ClN5O. The van der Waals surface area contributed by atoms with Crippen molar-refractivity contribution in [2.45, 2.75) is 6.92 Å². The molecule has 1 aliphatic rings. The number of carbonyl (C=O) groups is 1. The van der Waals surface area contributed by atoms with Crippen LogP contribution < -0.4 is 10.2 Å². The van der Waals surface area contributed by atoms with Crippen LogP contribution in [0, 0.1) is 6.92 Å². The Hall–Kier alpha value is -2.05. The predicted molar refractivity (Wildman–Crippen MR) is 96.7 cm³/mol. The van der Waals surface area contributed by atoms with Gasteiger partial charge in [-0.15, -0.1) is 0 Å². The van der Waals surface area contributed by atoms with Gasteiger partial charge in [0.2, 0.25) is 11.9 Å². The molecule has 0 radical (unpaired) electrons. The Labute approximate surface area is 147 Å². The fourth-order valence-electron chi connectivity index (χ4n) is 2.84. The molecule has 1 fully saturated rings. The lowest BCUT2D eigenvalue weighted by atomic mass is 10.2. The molecule has 1 amide bonds. The third-order valence-electron chi connectivity index (χ3n) is 4.27. The smallest absolute Gasteiger partial charge is 0.238 e. The van der Waals surface area contributed by atoms with E-state index in [4.69, 9.17) is 11.6 Å². The monoisotopic (exact) mass is 347 g/mol. The number of nitrogens with zero attached hydrogens (tertiary/aromatic N) is 4. The zero-order valence-electron chi connectivity index (χ0n) is 14.0. The van der Waals surface area contributed by atoms with Gasteiger partial charge in [0.05, 0.1) is 6.54 Å². The van der Waals surface area contributed by atoms with Crippen molar-refractivity contribution in [1.82, 2.24) is 14.5 Å². The van der Waals surface area contributed by atoms with Crippen molar-refractivity contribution in [2.24, 2.45) is 7.05 Å². The van der Waals surface area contributed by atoms with Crippen LogP contribution in [0.1, 0.15) is 5.56 Å². The minimum absolute atomic E-state index is 0.0136.